The zero-order chi connectivity index (χ0) is 17.6. The van der Waals surface area contributed by atoms with E-state index in [0.717, 1.165) is 17.1 Å². The van der Waals surface area contributed by atoms with Crippen LogP contribution in [0.2, 0.25) is 5.02 Å². The molecule has 132 valence electrons. The third-order valence-corrected chi connectivity index (χ3v) is 4.07. The van der Waals surface area contributed by atoms with Crippen LogP contribution in [0.3, 0.4) is 0 Å². The summed E-state index contributed by atoms with van der Waals surface area (Å²) in [4.78, 5) is 12.1. The zero-order valence-corrected chi connectivity index (χ0v) is 14.7. The summed E-state index contributed by atoms with van der Waals surface area (Å²) in [5, 5.41) is 3.51. The molecule has 1 amide bonds. The smallest absolute Gasteiger partial charge is 0.260 e. The number of hydrogen-bond donors (Lipinski definition) is 1. The van der Waals surface area contributed by atoms with Gasteiger partial charge in [-0.05, 0) is 55.3 Å². The summed E-state index contributed by atoms with van der Waals surface area (Å²) >= 11 is 5.83. The molecule has 25 heavy (non-hydrogen) atoms. The molecule has 0 bridgehead atoms. The van der Waals surface area contributed by atoms with Crippen LogP contribution in [0.15, 0.2) is 42.5 Å². The first kappa shape index (κ1) is 17.4. The van der Waals surface area contributed by atoms with Crippen molar-refractivity contribution in [3.63, 3.8) is 0 Å². The number of carbonyl (C=O) groups excluding carboxylic acids is 1. The molecular formula is C19H20ClNO4. The molecule has 0 unspecified atom stereocenters. The predicted molar refractivity (Wildman–Crippen MR) is 95.7 cm³/mol. The quantitative estimate of drug-likeness (QED) is 0.858. The van der Waals surface area contributed by atoms with Crippen molar-refractivity contribution in [3.8, 4) is 17.2 Å². The van der Waals surface area contributed by atoms with Crippen LogP contribution in [0.5, 0.6) is 17.2 Å². The molecule has 2 aromatic rings. The minimum atomic E-state index is -0.582. The lowest BCUT2D eigenvalue weighted by Gasteiger charge is -2.19. The van der Waals surface area contributed by atoms with Crippen molar-refractivity contribution in [2.24, 2.45) is 0 Å². The van der Waals surface area contributed by atoms with Gasteiger partial charge in [0, 0.05) is 11.6 Å². The van der Waals surface area contributed by atoms with Gasteiger partial charge >= 0.3 is 0 Å². The topological polar surface area (TPSA) is 56.8 Å². The van der Waals surface area contributed by atoms with E-state index < -0.39 is 6.10 Å². The number of benzene rings is 2. The molecule has 1 aliphatic heterocycles. The normalized spacial score (nSPS) is 13.8. The summed E-state index contributed by atoms with van der Waals surface area (Å²) in [6.07, 6.45) is 0.122. The second kappa shape index (κ2) is 8.12. The molecule has 1 heterocycles. The molecule has 5 nitrogen and oxygen atoms in total. The van der Waals surface area contributed by atoms with Gasteiger partial charge in [-0.1, -0.05) is 17.7 Å². The average Bonchev–Trinajstić information content (AvgIpc) is 2.63. The Morgan fingerprint density at radius 1 is 1.16 bits per heavy atom. The summed E-state index contributed by atoms with van der Waals surface area (Å²) in [6.45, 7) is 3.38. The van der Waals surface area contributed by atoms with Gasteiger partial charge in [0.1, 0.15) is 19.0 Å². The molecule has 1 N–H and O–H groups in total. The van der Waals surface area contributed by atoms with Gasteiger partial charge in [0.05, 0.1) is 0 Å². The van der Waals surface area contributed by atoms with Crippen molar-refractivity contribution >= 4 is 17.5 Å². The second-order valence-corrected chi connectivity index (χ2v) is 6.17. The third kappa shape index (κ3) is 4.79. The number of halogens is 1. The Labute approximate surface area is 151 Å². The van der Waals surface area contributed by atoms with Crippen molar-refractivity contribution in [2.45, 2.75) is 19.4 Å². The van der Waals surface area contributed by atoms with Crippen LogP contribution in [-0.4, -0.2) is 31.8 Å². The van der Waals surface area contributed by atoms with Crippen LogP contribution >= 0.6 is 11.6 Å². The van der Waals surface area contributed by atoms with Gasteiger partial charge in [-0.2, -0.15) is 0 Å². The van der Waals surface area contributed by atoms with Crippen molar-refractivity contribution in [1.82, 2.24) is 5.32 Å². The summed E-state index contributed by atoms with van der Waals surface area (Å²) in [6, 6.07) is 12.8. The second-order valence-electron chi connectivity index (χ2n) is 5.73. The molecular weight excluding hydrogens is 342 g/mol. The van der Waals surface area contributed by atoms with Gasteiger partial charge in [0.2, 0.25) is 0 Å². The van der Waals surface area contributed by atoms with E-state index in [2.05, 4.69) is 5.32 Å². The van der Waals surface area contributed by atoms with Crippen LogP contribution in [-0.2, 0) is 11.2 Å². The molecule has 0 aromatic heterocycles. The molecule has 0 fully saturated rings. The first-order chi connectivity index (χ1) is 12.1. The molecule has 2 aromatic carbocycles. The monoisotopic (exact) mass is 361 g/mol. The molecule has 0 aliphatic carbocycles. The minimum absolute atomic E-state index is 0.160. The SMILES string of the molecule is C[C@H](Oc1ccc(Cl)cc1)C(=O)NCCc1ccc2c(c1)OCCO2. The number of amides is 1. The Bertz CT molecular complexity index is 733. The van der Waals surface area contributed by atoms with E-state index in [1.54, 1.807) is 31.2 Å². The molecule has 0 spiro atoms. The summed E-state index contributed by atoms with van der Waals surface area (Å²) in [7, 11) is 0. The standard InChI is InChI=1S/C19H20ClNO4/c1-13(25-16-5-3-15(20)4-6-16)19(22)21-9-8-14-2-7-17-18(12-14)24-11-10-23-17/h2-7,12-13H,8-11H2,1H3,(H,21,22)/t13-/m0/s1. The van der Waals surface area contributed by atoms with Crippen molar-refractivity contribution in [3.05, 3.63) is 53.1 Å². The van der Waals surface area contributed by atoms with E-state index >= 15 is 0 Å². The maximum Gasteiger partial charge on any atom is 0.260 e. The maximum atomic E-state index is 12.1. The van der Waals surface area contributed by atoms with Crippen molar-refractivity contribution in [1.29, 1.82) is 0 Å². The Morgan fingerprint density at radius 3 is 2.64 bits per heavy atom. The van der Waals surface area contributed by atoms with E-state index in [1.807, 2.05) is 18.2 Å². The maximum absolute atomic E-state index is 12.1. The Morgan fingerprint density at radius 2 is 1.88 bits per heavy atom. The van der Waals surface area contributed by atoms with E-state index in [1.165, 1.54) is 0 Å². The molecule has 6 heteroatoms. The highest BCUT2D eigenvalue weighted by Gasteiger charge is 2.15. The van der Waals surface area contributed by atoms with E-state index in [9.17, 15) is 4.79 Å². The number of ether oxygens (including phenoxy) is 3. The summed E-state index contributed by atoms with van der Waals surface area (Å²) < 4.78 is 16.7. The van der Waals surface area contributed by atoms with Crippen molar-refractivity contribution in [2.75, 3.05) is 19.8 Å². The Kier molecular flexibility index (Phi) is 5.66. The third-order valence-electron chi connectivity index (χ3n) is 3.82. The van der Waals surface area contributed by atoms with E-state index in [-0.39, 0.29) is 5.91 Å². The average molecular weight is 362 g/mol. The zero-order valence-electron chi connectivity index (χ0n) is 14.0. The highest BCUT2D eigenvalue weighted by atomic mass is 35.5. The predicted octanol–water partition coefficient (Wildman–Crippen LogP) is 3.24. The van der Waals surface area contributed by atoms with Gasteiger partial charge in [0.25, 0.3) is 5.91 Å². The molecule has 1 atom stereocenters. The number of rotatable bonds is 6. The first-order valence-electron chi connectivity index (χ1n) is 8.20. The fourth-order valence-electron chi connectivity index (χ4n) is 2.49. The number of nitrogens with one attached hydrogen (secondary N) is 1. The molecule has 0 radical (unpaired) electrons. The van der Waals surface area contributed by atoms with Gasteiger partial charge in [-0.25, -0.2) is 0 Å². The van der Waals surface area contributed by atoms with E-state index in [4.69, 9.17) is 25.8 Å². The van der Waals surface area contributed by atoms with Crippen LogP contribution in [0.25, 0.3) is 0 Å². The van der Waals surface area contributed by atoms with Crippen LogP contribution in [0.4, 0.5) is 0 Å². The fourth-order valence-corrected chi connectivity index (χ4v) is 2.61. The highest BCUT2D eigenvalue weighted by Crippen LogP contribution is 2.30. The van der Waals surface area contributed by atoms with Crippen molar-refractivity contribution < 1.29 is 19.0 Å². The summed E-state index contributed by atoms with van der Waals surface area (Å²) in [5.74, 6) is 1.98. The Balaban J connectivity index is 1.46. The van der Waals surface area contributed by atoms with Gasteiger partial charge in [0.15, 0.2) is 17.6 Å². The van der Waals surface area contributed by atoms with Crippen LogP contribution < -0.4 is 19.5 Å². The van der Waals surface area contributed by atoms with Gasteiger partial charge in [-0.3, -0.25) is 4.79 Å². The largest absolute Gasteiger partial charge is 0.486 e. The minimum Gasteiger partial charge on any atom is -0.486 e. The lowest BCUT2D eigenvalue weighted by atomic mass is 10.1. The highest BCUT2D eigenvalue weighted by molar-refractivity contribution is 6.30. The number of hydrogen-bond acceptors (Lipinski definition) is 4. The Hall–Kier alpha value is -2.40. The van der Waals surface area contributed by atoms with Crippen LogP contribution in [0.1, 0.15) is 12.5 Å². The van der Waals surface area contributed by atoms with Gasteiger partial charge < -0.3 is 19.5 Å². The van der Waals surface area contributed by atoms with Gasteiger partial charge in [-0.15, -0.1) is 0 Å². The summed E-state index contributed by atoms with van der Waals surface area (Å²) in [5.41, 5.74) is 1.08. The van der Waals surface area contributed by atoms with Crippen LogP contribution in [0, 0.1) is 0 Å². The first-order valence-corrected chi connectivity index (χ1v) is 8.58. The lowest BCUT2D eigenvalue weighted by Crippen LogP contribution is -2.37. The molecule has 3 rings (SSSR count). The molecule has 0 saturated heterocycles. The molecule has 0 saturated carbocycles. The number of fused-ring (bicyclic) bond motifs is 1. The van der Waals surface area contributed by atoms with E-state index in [0.29, 0.717) is 37.0 Å². The number of carbonyl (C=O) groups is 1. The molecule has 1 aliphatic rings. The fraction of sp³-hybridized carbons (Fsp3) is 0.316. The lowest BCUT2D eigenvalue weighted by molar-refractivity contribution is -0.127.